The zero-order valence-electron chi connectivity index (χ0n) is 12.9. The molecule has 1 aromatic carbocycles. The van der Waals surface area contributed by atoms with E-state index in [4.69, 9.17) is 5.73 Å². The monoisotopic (exact) mass is 338 g/mol. The number of rotatable bonds is 4. The second-order valence-corrected chi connectivity index (χ2v) is 7.43. The highest BCUT2D eigenvalue weighted by atomic mass is 79.9. The largest absolute Gasteiger partial charge is 0.329 e. The van der Waals surface area contributed by atoms with Gasteiger partial charge in [0.1, 0.15) is 0 Å². The molecule has 3 unspecified atom stereocenters. The predicted molar refractivity (Wildman–Crippen MR) is 89.6 cm³/mol. The summed E-state index contributed by atoms with van der Waals surface area (Å²) < 4.78 is 1.19. The fraction of sp³-hybridized carbons (Fsp3) is 0.647. The molecule has 3 atom stereocenters. The molecule has 0 radical (unpaired) electrons. The summed E-state index contributed by atoms with van der Waals surface area (Å²) in [4.78, 5) is 2.48. The molecule has 1 aliphatic carbocycles. The van der Waals surface area contributed by atoms with E-state index in [-0.39, 0.29) is 5.54 Å². The van der Waals surface area contributed by atoms with Crippen LogP contribution in [0.4, 0.5) is 0 Å². The first-order chi connectivity index (χ1) is 9.48. The molecule has 1 aromatic rings. The zero-order chi connectivity index (χ0) is 14.8. The molecular formula is C17H27BrN2. The van der Waals surface area contributed by atoms with Crippen LogP contribution in [0.1, 0.15) is 38.7 Å². The third kappa shape index (κ3) is 3.26. The SMILES string of the molecule is CC1CCC(CN)(N(C)Cc2ccccc2Br)CC1C. The van der Waals surface area contributed by atoms with Crippen molar-refractivity contribution < 1.29 is 0 Å². The van der Waals surface area contributed by atoms with Crippen LogP contribution in [0.15, 0.2) is 28.7 Å². The van der Waals surface area contributed by atoms with Gasteiger partial charge in [0.15, 0.2) is 0 Å². The van der Waals surface area contributed by atoms with Crippen LogP contribution in [0.5, 0.6) is 0 Å². The first kappa shape index (κ1) is 16.0. The smallest absolute Gasteiger partial charge is 0.0334 e. The van der Waals surface area contributed by atoms with Gasteiger partial charge in [0.25, 0.3) is 0 Å². The molecule has 0 aromatic heterocycles. The molecule has 0 bridgehead atoms. The van der Waals surface area contributed by atoms with E-state index in [0.29, 0.717) is 0 Å². The van der Waals surface area contributed by atoms with Gasteiger partial charge in [-0.3, -0.25) is 4.90 Å². The molecule has 3 heteroatoms. The second kappa shape index (κ2) is 6.59. The number of hydrogen-bond donors (Lipinski definition) is 1. The Hall–Kier alpha value is -0.380. The Morgan fingerprint density at radius 2 is 2.00 bits per heavy atom. The molecule has 2 rings (SSSR count). The summed E-state index contributed by atoms with van der Waals surface area (Å²) in [6, 6.07) is 8.48. The Bertz CT molecular complexity index is 448. The maximum absolute atomic E-state index is 6.19. The third-order valence-corrected chi connectivity index (χ3v) is 6.07. The molecule has 1 fully saturated rings. The number of likely N-dealkylation sites (N-methyl/N-ethyl adjacent to an activating group) is 1. The van der Waals surface area contributed by atoms with Gasteiger partial charge in [-0.25, -0.2) is 0 Å². The number of nitrogens with two attached hydrogens (primary N) is 1. The average molecular weight is 339 g/mol. The van der Waals surface area contributed by atoms with Crippen LogP contribution in [0, 0.1) is 11.8 Å². The number of halogens is 1. The first-order valence-electron chi connectivity index (χ1n) is 7.63. The van der Waals surface area contributed by atoms with Gasteiger partial charge >= 0.3 is 0 Å². The molecule has 0 amide bonds. The van der Waals surface area contributed by atoms with E-state index in [2.05, 4.69) is 66.0 Å². The second-order valence-electron chi connectivity index (χ2n) is 6.57. The molecule has 1 saturated carbocycles. The Morgan fingerprint density at radius 1 is 1.30 bits per heavy atom. The third-order valence-electron chi connectivity index (χ3n) is 5.29. The Balaban J connectivity index is 2.13. The molecule has 20 heavy (non-hydrogen) atoms. The summed E-state index contributed by atoms with van der Waals surface area (Å²) in [6.07, 6.45) is 3.72. The molecule has 0 heterocycles. The van der Waals surface area contributed by atoms with Gasteiger partial charge in [-0.2, -0.15) is 0 Å². The van der Waals surface area contributed by atoms with E-state index in [0.717, 1.165) is 24.9 Å². The minimum absolute atomic E-state index is 0.168. The lowest BCUT2D eigenvalue weighted by Crippen LogP contribution is -2.55. The summed E-state index contributed by atoms with van der Waals surface area (Å²) in [7, 11) is 2.23. The van der Waals surface area contributed by atoms with Crippen molar-refractivity contribution in [1.82, 2.24) is 4.90 Å². The van der Waals surface area contributed by atoms with Crippen molar-refractivity contribution in [2.75, 3.05) is 13.6 Å². The summed E-state index contributed by atoms with van der Waals surface area (Å²) >= 11 is 3.65. The van der Waals surface area contributed by atoms with Crippen LogP contribution in [0.2, 0.25) is 0 Å². The minimum Gasteiger partial charge on any atom is -0.329 e. The lowest BCUT2D eigenvalue weighted by atomic mass is 9.70. The summed E-state index contributed by atoms with van der Waals surface area (Å²) in [5.74, 6) is 1.58. The van der Waals surface area contributed by atoms with Gasteiger partial charge in [0.2, 0.25) is 0 Å². The Kier molecular flexibility index (Phi) is 5.27. The fourth-order valence-electron chi connectivity index (χ4n) is 3.42. The van der Waals surface area contributed by atoms with E-state index in [1.807, 2.05) is 0 Å². The number of nitrogens with zero attached hydrogens (tertiary/aromatic N) is 1. The highest BCUT2D eigenvalue weighted by Crippen LogP contribution is 2.39. The van der Waals surface area contributed by atoms with Gasteiger partial charge in [0.05, 0.1) is 0 Å². The van der Waals surface area contributed by atoms with Crippen molar-refractivity contribution in [3.05, 3.63) is 34.3 Å². The van der Waals surface area contributed by atoms with E-state index in [1.165, 1.54) is 29.3 Å². The van der Waals surface area contributed by atoms with Gasteiger partial charge in [0, 0.05) is 23.1 Å². The highest BCUT2D eigenvalue weighted by molar-refractivity contribution is 9.10. The lowest BCUT2D eigenvalue weighted by molar-refractivity contribution is 0.0348. The van der Waals surface area contributed by atoms with Crippen molar-refractivity contribution in [3.8, 4) is 0 Å². The molecule has 112 valence electrons. The lowest BCUT2D eigenvalue weighted by Gasteiger charge is -2.48. The maximum Gasteiger partial charge on any atom is 0.0334 e. The molecule has 2 nitrogen and oxygen atoms in total. The summed E-state index contributed by atoms with van der Waals surface area (Å²) in [5.41, 5.74) is 7.69. The highest BCUT2D eigenvalue weighted by Gasteiger charge is 2.39. The van der Waals surface area contributed by atoms with Crippen LogP contribution < -0.4 is 5.73 Å². The molecule has 0 spiro atoms. The normalized spacial score (nSPS) is 30.7. The van der Waals surface area contributed by atoms with Crippen molar-refractivity contribution in [2.45, 2.75) is 45.2 Å². The van der Waals surface area contributed by atoms with Crippen LogP contribution in [0.25, 0.3) is 0 Å². The number of hydrogen-bond acceptors (Lipinski definition) is 2. The van der Waals surface area contributed by atoms with Crippen LogP contribution in [-0.2, 0) is 6.54 Å². The maximum atomic E-state index is 6.19. The minimum atomic E-state index is 0.168. The topological polar surface area (TPSA) is 29.3 Å². The number of benzene rings is 1. The Labute approximate surface area is 131 Å². The fourth-order valence-corrected chi connectivity index (χ4v) is 3.83. The van der Waals surface area contributed by atoms with E-state index >= 15 is 0 Å². The van der Waals surface area contributed by atoms with Crippen LogP contribution in [0.3, 0.4) is 0 Å². The average Bonchev–Trinajstić information content (AvgIpc) is 2.44. The molecule has 0 aliphatic heterocycles. The Morgan fingerprint density at radius 3 is 2.60 bits per heavy atom. The standard InChI is InChI=1S/C17H27BrN2/c1-13-8-9-17(12-19,10-14(13)2)20(3)11-15-6-4-5-7-16(15)18/h4-7,13-14H,8-12,19H2,1-3H3. The quantitative estimate of drug-likeness (QED) is 0.897. The van der Waals surface area contributed by atoms with Crippen molar-refractivity contribution >= 4 is 15.9 Å². The molecule has 1 aliphatic rings. The molecule has 0 saturated heterocycles. The van der Waals surface area contributed by atoms with E-state index in [9.17, 15) is 0 Å². The van der Waals surface area contributed by atoms with Gasteiger partial charge in [-0.05, 0) is 49.8 Å². The molecule has 2 N–H and O–H groups in total. The van der Waals surface area contributed by atoms with Crippen molar-refractivity contribution in [3.63, 3.8) is 0 Å². The van der Waals surface area contributed by atoms with Gasteiger partial charge in [-0.15, -0.1) is 0 Å². The van der Waals surface area contributed by atoms with Gasteiger partial charge in [-0.1, -0.05) is 48.0 Å². The summed E-state index contributed by atoms with van der Waals surface area (Å²) in [5, 5.41) is 0. The van der Waals surface area contributed by atoms with Crippen molar-refractivity contribution in [1.29, 1.82) is 0 Å². The van der Waals surface area contributed by atoms with Crippen LogP contribution in [-0.4, -0.2) is 24.0 Å². The van der Waals surface area contributed by atoms with Crippen LogP contribution >= 0.6 is 15.9 Å². The first-order valence-corrected chi connectivity index (χ1v) is 8.42. The molecular weight excluding hydrogens is 312 g/mol. The summed E-state index contributed by atoms with van der Waals surface area (Å²) in [6.45, 7) is 6.46. The van der Waals surface area contributed by atoms with Gasteiger partial charge < -0.3 is 5.73 Å². The predicted octanol–water partition coefficient (Wildman–Crippen LogP) is 4.03. The van der Waals surface area contributed by atoms with E-state index < -0.39 is 0 Å². The zero-order valence-corrected chi connectivity index (χ0v) is 14.5. The van der Waals surface area contributed by atoms with Crippen molar-refractivity contribution in [2.24, 2.45) is 17.6 Å². The van der Waals surface area contributed by atoms with E-state index in [1.54, 1.807) is 0 Å².